The van der Waals surface area contributed by atoms with Gasteiger partial charge in [-0.1, -0.05) is 0 Å². The second-order valence-electron chi connectivity index (χ2n) is 0.250. The number of carbonyl (C=O) groups is 1. The molecular formula is CFKLi2O3. The maximum Gasteiger partial charge on any atom is 1.00 e. The monoisotopic (exact) mass is 132 g/mol. The van der Waals surface area contributed by atoms with Crippen molar-refractivity contribution >= 4 is 6.16 Å². The first-order valence-corrected chi connectivity index (χ1v) is 0.612. The molecule has 0 radical (unpaired) electrons. The van der Waals surface area contributed by atoms with Crippen molar-refractivity contribution in [3.05, 3.63) is 0 Å². The fourth-order valence-electron chi connectivity index (χ4n) is 0. The zero-order valence-electron chi connectivity index (χ0n) is 5.10. The van der Waals surface area contributed by atoms with Crippen LogP contribution in [0.4, 0.5) is 4.79 Å². The van der Waals surface area contributed by atoms with Crippen LogP contribution in [0.5, 0.6) is 0 Å². The minimum Gasteiger partial charge on any atom is -1.00 e. The number of carboxylic acid groups (broad SMARTS) is 2. The van der Waals surface area contributed by atoms with Crippen molar-refractivity contribution in [3.8, 4) is 0 Å². The van der Waals surface area contributed by atoms with E-state index in [0.717, 1.165) is 0 Å². The Bertz CT molecular complexity index is 40.3. The molecule has 0 aromatic rings. The summed E-state index contributed by atoms with van der Waals surface area (Å²) in [7, 11) is 0. The Balaban J connectivity index is -0.00000000750. The molecule has 0 saturated carbocycles. The van der Waals surface area contributed by atoms with Crippen LogP contribution >= 0.6 is 0 Å². The Morgan fingerprint density at radius 1 is 1.12 bits per heavy atom. The molecule has 32 valence electrons. The van der Waals surface area contributed by atoms with Gasteiger partial charge in [0.1, 0.15) is 0 Å². The summed E-state index contributed by atoms with van der Waals surface area (Å²) < 4.78 is 0. The predicted molar refractivity (Wildman–Crippen MR) is 5.40 cm³/mol. The van der Waals surface area contributed by atoms with E-state index in [1.807, 2.05) is 0 Å². The maximum atomic E-state index is 8.33. The standard InChI is InChI=1S/CH2O3.FH.K.2Li/c2-1(3)4;;;;/h(H2,2,3,4);1H;;;/q;;3*+1/p-3. The Morgan fingerprint density at radius 3 is 1.12 bits per heavy atom. The third-order valence-corrected chi connectivity index (χ3v) is 0. The SMILES string of the molecule is O=C([O-])[O-].[F-].[K+].[Li+].[Li+]. The van der Waals surface area contributed by atoms with Crippen LogP contribution in [0.3, 0.4) is 0 Å². The molecule has 0 spiro atoms. The molecule has 0 rings (SSSR count). The number of halogens is 1. The molecule has 3 nitrogen and oxygen atoms in total. The average Bonchev–Trinajstić information content (AvgIpc) is 0.811. The van der Waals surface area contributed by atoms with Crippen LogP contribution in [0.2, 0.25) is 0 Å². The van der Waals surface area contributed by atoms with Crippen molar-refractivity contribution < 1.29 is 109 Å². The van der Waals surface area contributed by atoms with Gasteiger partial charge in [-0.05, 0) is 6.16 Å². The first-order chi connectivity index (χ1) is 1.73. The van der Waals surface area contributed by atoms with Crippen molar-refractivity contribution in [3.63, 3.8) is 0 Å². The summed E-state index contributed by atoms with van der Waals surface area (Å²) in [6.07, 6.45) is -2.33. The Labute approximate surface area is 113 Å². The van der Waals surface area contributed by atoms with Gasteiger partial charge in [0.05, 0.1) is 0 Å². The van der Waals surface area contributed by atoms with Crippen molar-refractivity contribution in [2.24, 2.45) is 0 Å². The molecule has 7 heteroatoms. The van der Waals surface area contributed by atoms with Crippen LogP contribution in [-0.4, -0.2) is 6.16 Å². The van der Waals surface area contributed by atoms with Crippen molar-refractivity contribution in [2.75, 3.05) is 0 Å². The van der Waals surface area contributed by atoms with Gasteiger partial charge in [0.25, 0.3) is 0 Å². The Morgan fingerprint density at radius 2 is 1.12 bits per heavy atom. The molecule has 0 aliphatic carbocycles. The molecule has 0 saturated heterocycles. The van der Waals surface area contributed by atoms with Gasteiger partial charge in [0.2, 0.25) is 0 Å². The number of hydrogen-bond donors (Lipinski definition) is 0. The van der Waals surface area contributed by atoms with Gasteiger partial charge in [-0.2, -0.15) is 0 Å². The fraction of sp³-hybridized carbons (Fsp3) is 0. The molecule has 0 atom stereocenters. The summed E-state index contributed by atoms with van der Waals surface area (Å²) in [5, 5.41) is 16.7. The molecule has 0 fully saturated rings. The number of hydrogen-bond acceptors (Lipinski definition) is 3. The molecule has 0 heterocycles. The van der Waals surface area contributed by atoms with E-state index >= 15 is 0 Å². The zero-order chi connectivity index (χ0) is 3.58. The summed E-state index contributed by atoms with van der Waals surface area (Å²) >= 11 is 0. The van der Waals surface area contributed by atoms with Gasteiger partial charge < -0.3 is 19.7 Å². The summed E-state index contributed by atoms with van der Waals surface area (Å²) in [6.45, 7) is 0. The Kier molecular flexibility index (Phi) is 93.0. The van der Waals surface area contributed by atoms with E-state index in [0.29, 0.717) is 0 Å². The van der Waals surface area contributed by atoms with E-state index < -0.39 is 6.16 Å². The maximum absolute atomic E-state index is 8.33. The van der Waals surface area contributed by atoms with Gasteiger partial charge in [0, 0.05) is 0 Å². The molecule has 0 amide bonds. The van der Waals surface area contributed by atoms with Gasteiger partial charge >= 0.3 is 89.1 Å². The second kappa shape index (κ2) is 23.0. The van der Waals surface area contributed by atoms with Gasteiger partial charge in [-0.3, -0.25) is 0 Å². The van der Waals surface area contributed by atoms with Crippen LogP contribution in [0.15, 0.2) is 0 Å². The number of rotatable bonds is 0. The average molecular weight is 132 g/mol. The summed E-state index contributed by atoms with van der Waals surface area (Å²) in [5.41, 5.74) is 0. The zero-order valence-corrected chi connectivity index (χ0v) is 8.23. The van der Waals surface area contributed by atoms with Gasteiger partial charge in [0.15, 0.2) is 0 Å². The van der Waals surface area contributed by atoms with Crippen LogP contribution in [0.1, 0.15) is 0 Å². The minimum atomic E-state index is -2.33. The van der Waals surface area contributed by atoms with E-state index in [1.165, 1.54) is 0 Å². The summed E-state index contributed by atoms with van der Waals surface area (Å²) in [5.74, 6) is 0. The van der Waals surface area contributed by atoms with Crippen molar-refractivity contribution in [2.45, 2.75) is 0 Å². The quantitative estimate of drug-likeness (QED) is 0.307. The van der Waals surface area contributed by atoms with Gasteiger partial charge in [-0.25, -0.2) is 0 Å². The molecule has 0 aromatic carbocycles. The van der Waals surface area contributed by atoms with Crippen molar-refractivity contribution in [1.29, 1.82) is 0 Å². The predicted octanol–water partition coefficient (Wildman–Crippen LogP) is -14.4. The molecule has 0 bridgehead atoms. The summed E-state index contributed by atoms with van der Waals surface area (Å²) in [6, 6.07) is 0. The van der Waals surface area contributed by atoms with E-state index in [-0.39, 0.29) is 93.8 Å². The number of carbonyl (C=O) groups excluding carboxylic acids is 1. The molecular weight excluding hydrogens is 132 g/mol. The van der Waals surface area contributed by atoms with Crippen molar-refractivity contribution in [1.82, 2.24) is 0 Å². The summed E-state index contributed by atoms with van der Waals surface area (Å²) in [4.78, 5) is 8.33. The minimum absolute atomic E-state index is 0. The first-order valence-electron chi connectivity index (χ1n) is 0.612. The normalized spacial score (nSPS) is 3.00. The molecule has 0 aromatic heterocycles. The van der Waals surface area contributed by atoms with E-state index in [9.17, 15) is 0 Å². The third-order valence-electron chi connectivity index (χ3n) is 0. The topological polar surface area (TPSA) is 63.2 Å². The van der Waals surface area contributed by atoms with E-state index in [4.69, 9.17) is 15.0 Å². The molecule has 0 N–H and O–H groups in total. The molecule has 0 aliphatic rings. The molecule has 8 heavy (non-hydrogen) atoms. The molecule has 0 aliphatic heterocycles. The Hall–Kier alpha value is 2.03. The second-order valence-corrected chi connectivity index (χ2v) is 0.250. The largest absolute Gasteiger partial charge is 1.00 e. The van der Waals surface area contributed by atoms with Gasteiger partial charge in [-0.15, -0.1) is 0 Å². The van der Waals surface area contributed by atoms with Crippen LogP contribution in [0, 0.1) is 0 Å². The molecule has 0 unspecified atom stereocenters. The van der Waals surface area contributed by atoms with Crippen LogP contribution in [-0.2, 0) is 0 Å². The third kappa shape index (κ3) is 96.2. The van der Waals surface area contributed by atoms with Crippen LogP contribution < -0.4 is 104 Å². The van der Waals surface area contributed by atoms with E-state index in [2.05, 4.69) is 0 Å². The fourth-order valence-corrected chi connectivity index (χ4v) is 0. The first kappa shape index (κ1) is 32.3. The van der Waals surface area contributed by atoms with E-state index in [1.54, 1.807) is 0 Å². The smallest absolute Gasteiger partial charge is 1.00 e. The van der Waals surface area contributed by atoms with Crippen LogP contribution in [0.25, 0.3) is 0 Å².